The van der Waals surface area contributed by atoms with Gasteiger partial charge in [-0.2, -0.15) is 0 Å². The quantitative estimate of drug-likeness (QED) is 0.739. The number of pyridine rings is 1. The van der Waals surface area contributed by atoms with Gasteiger partial charge in [0.2, 0.25) is 0 Å². The number of hydrogen-bond acceptors (Lipinski definition) is 2. The van der Waals surface area contributed by atoms with Crippen molar-refractivity contribution < 1.29 is 0 Å². The number of rotatable bonds is 2. The fourth-order valence-corrected chi connectivity index (χ4v) is 1.28. The number of nitrogens with zero attached hydrogens (tertiary/aromatic N) is 1. The lowest BCUT2D eigenvalue weighted by molar-refractivity contribution is 0.535. The zero-order valence-electron chi connectivity index (χ0n) is 8.37. The van der Waals surface area contributed by atoms with Crippen LogP contribution < -0.4 is 11.3 Å². The van der Waals surface area contributed by atoms with Crippen LogP contribution in [0, 0.1) is 0 Å². The SMILES string of the molecule is CCn1cccc(C(C)(C)N)c1=O. The summed E-state index contributed by atoms with van der Waals surface area (Å²) in [5, 5.41) is 0. The van der Waals surface area contributed by atoms with E-state index in [1.54, 1.807) is 16.8 Å². The number of aryl methyl sites for hydroxylation is 1. The Balaban J connectivity index is 3.33. The highest BCUT2D eigenvalue weighted by atomic mass is 16.1. The monoisotopic (exact) mass is 180 g/mol. The fourth-order valence-electron chi connectivity index (χ4n) is 1.28. The molecule has 0 saturated heterocycles. The minimum Gasteiger partial charge on any atom is -0.322 e. The lowest BCUT2D eigenvalue weighted by Crippen LogP contribution is -2.37. The Labute approximate surface area is 78.2 Å². The topological polar surface area (TPSA) is 48.0 Å². The number of aromatic nitrogens is 1. The molecule has 0 bridgehead atoms. The molecule has 13 heavy (non-hydrogen) atoms. The molecule has 1 rings (SSSR count). The van der Waals surface area contributed by atoms with Gasteiger partial charge < -0.3 is 10.3 Å². The van der Waals surface area contributed by atoms with Crippen molar-refractivity contribution in [3.8, 4) is 0 Å². The maximum absolute atomic E-state index is 11.7. The van der Waals surface area contributed by atoms with Crippen molar-refractivity contribution >= 4 is 0 Å². The second-order valence-electron chi connectivity index (χ2n) is 3.73. The van der Waals surface area contributed by atoms with Gasteiger partial charge in [0.05, 0.1) is 0 Å². The summed E-state index contributed by atoms with van der Waals surface area (Å²) in [5.41, 5.74) is 5.98. The first-order chi connectivity index (χ1) is 5.96. The van der Waals surface area contributed by atoms with Crippen molar-refractivity contribution in [2.75, 3.05) is 0 Å². The van der Waals surface area contributed by atoms with Crippen LogP contribution in [0.1, 0.15) is 26.3 Å². The van der Waals surface area contributed by atoms with Gasteiger partial charge in [-0.3, -0.25) is 4.79 Å². The summed E-state index contributed by atoms with van der Waals surface area (Å²) in [4.78, 5) is 11.7. The zero-order valence-corrected chi connectivity index (χ0v) is 8.37. The molecule has 0 spiro atoms. The third-order valence-electron chi connectivity index (χ3n) is 2.06. The van der Waals surface area contributed by atoms with E-state index in [-0.39, 0.29) is 5.56 Å². The average Bonchev–Trinajstić information content (AvgIpc) is 2.02. The highest BCUT2D eigenvalue weighted by Crippen LogP contribution is 2.11. The van der Waals surface area contributed by atoms with E-state index in [0.29, 0.717) is 12.1 Å². The Morgan fingerprint density at radius 1 is 1.54 bits per heavy atom. The van der Waals surface area contributed by atoms with Crippen molar-refractivity contribution in [1.29, 1.82) is 0 Å². The summed E-state index contributed by atoms with van der Waals surface area (Å²) in [5.74, 6) is 0. The number of hydrogen-bond donors (Lipinski definition) is 1. The van der Waals surface area contributed by atoms with Crippen molar-refractivity contribution in [3.05, 3.63) is 34.2 Å². The van der Waals surface area contributed by atoms with Gasteiger partial charge in [-0.25, -0.2) is 0 Å². The summed E-state index contributed by atoms with van der Waals surface area (Å²) >= 11 is 0. The highest BCUT2D eigenvalue weighted by Gasteiger charge is 2.18. The summed E-state index contributed by atoms with van der Waals surface area (Å²) < 4.78 is 1.66. The Kier molecular flexibility index (Phi) is 2.57. The van der Waals surface area contributed by atoms with Crippen LogP contribution in [0.3, 0.4) is 0 Å². The van der Waals surface area contributed by atoms with E-state index in [9.17, 15) is 4.79 Å². The molecular weight excluding hydrogens is 164 g/mol. The lowest BCUT2D eigenvalue weighted by Gasteiger charge is -2.18. The van der Waals surface area contributed by atoms with Crippen LogP contribution in [0.4, 0.5) is 0 Å². The summed E-state index contributed by atoms with van der Waals surface area (Å²) in [6.07, 6.45) is 1.78. The summed E-state index contributed by atoms with van der Waals surface area (Å²) in [6.45, 7) is 6.30. The van der Waals surface area contributed by atoms with Crippen LogP contribution in [-0.4, -0.2) is 4.57 Å². The van der Waals surface area contributed by atoms with Gasteiger partial charge in [0.25, 0.3) is 5.56 Å². The van der Waals surface area contributed by atoms with Crippen LogP contribution in [0.25, 0.3) is 0 Å². The summed E-state index contributed by atoms with van der Waals surface area (Å²) in [7, 11) is 0. The Bertz CT molecular complexity index is 347. The van der Waals surface area contributed by atoms with Crippen LogP contribution in [-0.2, 0) is 12.1 Å². The molecule has 0 fully saturated rings. The predicted octanol–water partition coefficient (Wildman–Crippen LogP) is 1.06. The molecular formula is C10H16N2O. The normalized spacial score (nSPS) is 11.7. The van der Waals surface area contributed by atoms with Gasteiger partial charge in [0.1, 0.15) is 0 Å². The van der Waals surface area contributed by atoms with Gasteiger partial charge >= 0.3 is 0 Å². The maximum Gasteiger partial charge on any atom is 0.255 e. The van der Waals surface area contributed by atoms with Gasteiger partial charge in [-0.15, -0.1) is 0 Å². The molecule has 3 heteroatoms. The lowest BCUT2D eigenvalue weighted by atomic mass is 9.97. The first-order valence-corrected chi connectivity index (χ1v) is 4.45. The van der Waals surface area contributed by atoms with E-state index in [0.717, 1.165) is 0 Å². The van der Waals surface area contributed by atoms with Crippen molar-refractivity contribution in [2.24, 2.45) is 5.73 Å². The van der Waals surface area contributed by atoms with Crippen molar-refractivity contribution in [2.45, 2.75) is 32.9 Å². The smallest absolute Gasteiger partial charge is 0.255 e. The van der Waals surface area contributed by atoms with Crippen molar-refractivity contribution in [1.82, 2.24) is 4.57 Å². The molecule has 0 aromatic carbocycles. The molecule has 1 heterocycles. The van der Waals surface area contributed by atoms with Crippen LogP contribution in [0.2, 0.25) is 0 Å². The Morgan fingerprint density at radius 2 is 2.15 bits per heavy atom. The van der Waals surface area contributed by atoms with E-state index in [1.807, 2.05) is 26.8 Å². The van der Waals surface area contributed by atoms with Gasteiger partial charge in [-0.1, -0.05) is 6.07 Å². The first-order valence-electron chi connectivity index (χ1n) is 4.45. The molecule has 0 aliphatic carbocycles. The molecule has 1 aromatic heterocycles. The van der Waals surface area contributed by atoms with E-state index >= 15 is 0 Å². The summed E-state index contributed by atoms with van der Waals surface area (Å²) in [6, 6.07) is 3.64. The van der Waals surface area contributed by atoms with Gasteiger partial charge in [0, 0.05) is 23.8 Å². The fraction of sp³-hybridized carbons (Fsp3) is 0.500. The first kappa shape index (κ1) is 9.99. The standard InChI is InChI=1S/C10H16N2O/c1-4-12-7-5-6-8(9(12)13)10(2,3)11/h5-7H,4,11H2,1-3H3. The second-order valence-corrected chi connectivity index (χ2v) is 3.73. The second kappa shape index (κ2) is 3.34. The molecule has 0 saturated carbocycles. The zero-order chi connectivity index (χ0) is 10.1. The van der Waals surface area contributed by atoms with E-state index in [2.05, 4.69) is 0 Å². The molecule has 0 unspecified atom stereocenters. The molecule has 0 aliphatic heterocycles. The molecule has 2 N–H and O–H groups in total. The van der Waals surface area contributed by atoms with E-state index in [4.69, 9.17) is 5.73 Å². The third kappa shape index (κ3) is 1.98. The molecule has 0 atom stereocenters. The van der Waals surface area contributed by atoms with Crippen LogP contribution in [0.5, 0.6) is 0 Å². The molecule has 1 aromatic rings. The average molecular weight is 180 g/mol. The molecule has 0 radical (unpaired) electrons. The maximum atomic E-state index is 11.7. The van der Waals surface area contributed by atoms with E-state index in [1.165, 1.54) is 0 Å². The molecule has 0 amide bonds. The van der Waals surface area contributed by atoms with Crippen LogP contribution in [0.15, 0.2) is 23.1 Å². The highest BCUT2D eigenvalue weighted by molar-refractivity contribution is 5.18. The largest absolute Gasteiger partial charge is 0.322 e. The van der Waals surface area contributed by atoms with Crippen molar-refractivity contribution in [3.63, 3.8) is 0 Å². The predicted molar refractivity (Wildman–Crippen MR) is 53.6 cm³/mol. The van der Waals surface area contributed by atoms with Crippen LogP contribution >= 0.6 is 0 Å². The Morgan fingerprint density at radius 3 is 2.62 bits per heavy atom. The third-order valence-corrected chi connectivity index (χ3v) is 2.06. The minimum absolute atomic E-state index is 0.0116. The molecule has 0 aliphatic rings. The Hall–Kier alpha value is -1.09. The van der Waals surface area contributed by atoms with Gasteiger partial charge in [0.15, 0.2) is 0 Å². The van der Waals surface area contributed by atoms with Gasteiger partial charge in [-0.05, 0) is 26.8 Å². The molecule has 72 valence electrons. The van der Waals surface area contributed by atoms with E-state index < -0.39 is 5.54 Å². The number of nitrogens with two attached hydrogens (primary N) is 1. The molecule has 3 nitrogen and oxygen atoms in total. The minimum atomic E-state index is -0.560.